The number of carbonyl (C=O) groups excluding carboxylic acids is 2. The lowest BCUT2D eigenvalue weighted by Gasteiger charge is -2.29. The van der Waals surface area contributed by atoms with Crippen molar-refractivity contribution >= 4 is 23.4 Å². The minimum atomic E-state index is -0.660. The molecular weight excluding hydrogens is 367 g/mol. The summed E-state index contributed by atoms with van der Waals surface area (Å²) in [5, 5.41) is 2.94. The number of benzene rings is 2. The molecule has 0 bridgehead atoms. The van der Waals surface area contributed by atoms with Gasteiger partial charge in [0, 0.05) is 23.7 Å². The van der Waals surface area contributed by atoms with E-state index in [4.69, 9.17) is 11.6 Å². The highest BCUT2D eigenvalue weighted by Crippen LogP contribution is 2.21. The summed E-state index contributed by atoms with van der Waals surface area (Å²) in [7, 11) is 0. The quantitative estimate of drug-likeness (QED) is 0.748. The number of amides is 2. The smallest absolute Gasteiger partial charge is 0.242 e. The second kappa shape index (κ2) is 10.1. The number of hydrogen-bond donors (Lipinski definition) is 1. The number of halogens is 2. The van der Waals surface area contributed by atoms with Gasteiger partial charge in [0.05, 0.1) is 6.42 Å². The van der Waals surface area contributed by atoms with Crippen LogP contribution in [-0.4, -0.2) is 35.8 Å². The van der Waals surface area contributed by atoms with E-state index in [9.17, 15) is 14.0 Å². The highest BCUT2D eigenvalue weighted by atomic mass is 35.5. The van der Waals surface area contributed by atoms with Crippen molar-refractivity contribution in [1.82, 2.24) is 10.2 Å². The van der Waals surface area contributed by atoms with Gasteiger partial charge in [-0.25, -0.2) is 4.39 Å². The van der Waals surface area contributed by atoms with Crippen LogP contribution < -0.4 is 5.32 Å². The zero-order valence-electron chi connectivity index (χ0n) is 15.5. The summed E-state index contributed by atoms with van der Waals surface area (Å²) >= 11 is 6.05. The molecule has 0 heterocycles. The third-order valence-corrected chi connectivity index (χ3v) is 4.75. The van der Waals surface area contributed by atoms with Crippen LogP contribution in [-0.2, 0) is 22.4 Å². The highest BCUT2D eigenvalue weighted by Gasteiger charge is 2.26. The highest BCUT2D eigenvalue weighted by molar-refractivity contribution is 6.31. The van der Waals surface area contributed by atoms with Gasteiger partial charge in [0.15, 0.2) is 0 Å². The summed E-state index contributed by atoms with van der Waals surface area (Å²) in [4.78, 5) is 26.7. The fourth-order valence-electron chi connectivity index (χ4n) is 2.85. The van der Waals surface area contributed by atoms with Crippen molar-refractivity contribution in [2.24, 2.45) is 0 Å². The number of hydrogen-bond acceptors (Lipinski definition) is 2. The molecule has 0 saturated heterocycles. The van der Waals surface area contributed by atoms with Gasteiger partial charge in [-0.05, 0) is 38.0 Å². The maximum atomic E-state index is 14.1. The second-order valence-electron chi connectivity index (χ2n) is 6.27. The molecule has 2 aromatic carbocycles. The molecule has 6 heteroatoms. The Morgan fingerprint density at radius 3 is 2.48 bits per heavy atom. The van der Waals surface area contributed by atoms with Gasteiger partial charge in [0.2, 0.25) is 11.8 Å². The van der Waals surface area contributed by atoms with Crippen LogP contribution >= 0.6 is 11.6 Å². The van der Waals surface area contributed by atoms with Gasteiger partial charge in [-0.1, -0.05) is 48.0 Å². The predicted molar refractivity (Wildman–Crippen MR) is 105 cm³/mol. The van der Waals surface area contributed by atoms with Crippen molar-refractivity contribution in [3.05, 3.63) is 70.5 Å². The Morgan fingerprint density at radius 2 is 1.85 bits per heavy atom. The molecule has 2 amide bonds. The molecule has 0 saturated carbocycles. The third kappa shape index (κ3) is 5.79. The minimum absolute atomic E-state index is 0.150. The van der Waals surface area contributed by atoms with Crippen LogP contribution in [0, 0.1) is 5.82 Å². The van der Waals surface area contributed by atoms with E-state index in [1.165, 1.54) is 17.0 Å². The maximum Gasteiger partial charge on any atom is 0.242 e. The van der Waals surface area contributed by atoms with Crippen molar-refractivity contribution in [3.8, 4) is 0 Å². The van der Waals surface area contributed by atoms with Crippen molar-refractivity contribution in [3.63, 3.8) is 0 Å². The summed E-state index contributed by atoms with van der Waals surface area (Å²) in [5.74, 6) is -1.10. The summed E-state index contributed by atoms with van der Waals surface area (Å²) in [6, 6.07) is 13.4. The molecule has 0 aromatic heterocycles. The summed E-state index contributed by atoms with van der Waals surface area (Å²) in [6.07, 6.45) is 0.408. The van der Waals surface area contributed by atoms with Crippen molar-refractivity contribution in [2.75, 3.05) is 13.1 Å². The molecule has 1 unspecified atom stereocenters. The molecule has 1 N–H and O–H groups in total. The Kier molecular flexibility index (Phi) is 7.80. The lowest BCUT2D eigenvalue weighted by atomic mass is 10.1. The normalized spacial score (nSPS) is 11.7. The van der Waals surface area contributed by atoms with E-state index < -0.39 is 11.9 Å². The van der Waals surface area contributed by atoms with Gasteiger partial charge < -0.3 is 10.2 Å². The molecule has 1 atom stereocenters. The number of carbonyl (C=O) groups is 2. The topological polar surface area (TPSA) is 49.4 Å². The molecule has 0 spiro atoms. The standard InChI is InChI=1S/C21H24ClFN2O2/c1-3-24-21(27)15(2)25(13-12-16-8-5-4-6-9-16)20(26)14-17-18(22)10-7-11-19(17)23/h4-11,15H,3,12-14H2,1-2H3,(H,24,27). The second-order valence-corrected chi connectivity index (χ2v) is 6.68. The molecule has 2 rings (SSSR count). The van der Waals surface area contributed by atoms with Crippen LogP contribution in [0.25, 0.3) is 0 Å². The Morgan fingerprint density at radius 1 is 1.15 bits per heavy atom. The van der Waals surface area contributed by atoms with Crippen LogP contribution in [0.3, 0.4) is 0 Å². The van der Waals surface area contributed by atoms with E-state index in [-0.39, 0.29) is 28.8 Å². The van der Waals surface area contributed by atoms with Crippen molar-refractivity contribution in [2.45, 2.75) is 32.7 Å². The molecule has 0 aliphatic carbocycles. The van der Waals surface area contributed by atoms with Crippen LogP contribution in [0.2, 0.25) is 5.02 Å². The molecule has 27 heavy (non-hydrogen) atoms. The van der Waals surface area contributed by atoms with E-state index in [2.05, 4.69) is 5.32 Å². The number of rotatable bonds is 8. The Hall–Kier alpha value is -2.40. The van der Waals surface area contributed by atoms with Crippen molar-refractivity contribution < 1.29 is 14.0 Å². The van der Waals surface area contributed by atoms with E-state index >= 15 is 0 Å². The first-order valence-electron chi connectivity index (χ1n) is 8.98. The first-order chi connectivity index (χ1) is 12.9. The van der Waals surface area contributed by atoms with Crippen LogP contribution in [0.5, 0.6) is 0 Å². The molecular formula is C21H24ClFN2O2. The number of nitrogens with zero attached hydrogens (tertiary/aromatic N) is 1. The molecule has 2 aromatic rings. The van der Waals surface area contributed by atoms with Gasteiger partial charge >= 0.3 is 0 Å². The van der Waals surface area contributed by atoms with E-state index in [1.54, 1.807) is 13.0 Å². The van der Waals surface area contributed by atoms with Gasteiger partial charge in [-0.3, -0.25) is 9.59 Å². The number of likely N-dealkylation sites (N-methyl/N-ethyl adjacent to an activating group) is 1. The lowest BCUT2D eigenvalue weighted by molar-refractivity contribution is -0.139. The lowest BCUT2D eigenvalue weighted by Crippen LogP contribution is -2.49. The molecule has 0 aliphatic heterocycles. The van der Waals surface area contributed by atoms with Crippen LogP contribution in [0.1, 0.15) is 25.0 Å². The third-order valence-electron chi connectivity index (χ3n) is 4.39. The zero-order chi connectivity index (χ0) is 19.8. The largest absolute Gasteiger partial charge is 0.355 e. The van der Waals surface area contributed by atoms with Crippen molar-refractivity contribution in [1.29, 1.82) is 0 Å². The fourth-order valence-corrected chi connectivity index (χ4v) is 3.08. The molecule has 0 aliphatic rings. The molecule has 144 valence electrons. The van der Waals surface area contributed by atoms with E-state index in [0.717, 1.165) is 5.56 Å². The van der Waals surface area contributed by atoms with Gasteiger partial charge in [0.25, 0.3) is 0 Å². The zero-order valence-corrected chi connectivity index (χ0v) is 16.3. The van der Waals surface area contributed by atoms with Gasteiger partial charge in [-0.15, -0.1) is 0 Å². The van der Waals surface area contributed by atoms with Crippen LogP contribution in [0.4, 0.5) is 4.39 Å². The Bertz CT molecular complexity index is 763. The summed E-state index contributed by atoms with van der Waals surface area (Å²) in [6.45, 7) is 4.33. The maximum absolute atomic E-state index is 14.1. The molecule has 4 nitrogen and oxygen atoms in total. The Labute approximate surface area is 164 Å². The fraction of sp³-hybridized carbons (Fsp3) is 0.333. The monoisotopic (exact) mass is 390 g/mol. The predicted octanol–water partition coefficient (Wildman–Crippen LogP) is 3.62. The van der Waals surface area contributed by atoms with Gasteiger partial charge in [-0.2, -0.15) is 0 Å². The minimum Gasteiger partial charge on any atom is -0.355 e. The SMILES string of the molecule is CCNC(=O)C(C)N(CCc1ccccc1)C(=O)Cc1c(F)cccc1Cl. The summed E-state index contributed by atoms with van der Waals surface area (Å²) in [5.41, 5.74) is 1.21. The first kappa shape index (κ1) is 20.9. The van der Waals surface area contributed by atoms with Gasteiger partial charge in [0.1, 0.15) is 11.9 Å². The molecule has 0 radical (unpaired) electrons. The van der Waals surface area contributed by atoms with E-state index in [0.29, 0.717) is 19.5 Å². The van der Waals surface area contributed by atoms with E-state index in [1.807, 2.05) is 37.3 Å². The summed E-state index contributed by atoms with van der Waals surface area (Å²) < 4.78 is 14.1. The average molecular weight is 391 g/mol. The van der Waals surface area contributed by atoms with Crippen LogP contribution in [0.15, 0.2) is 48.5 Å². The number of nitrogens with one attached hydrogen (secondary N) is 1. The Balaban J connectivity index is 2.19. The molecule has 0 fully saturated rings. The first-order valence-corrected chi connectivity index (χ1v) is 9.35. The average Bonchev–Trinajstić information content (AvgIpc) is 2.66.